The standard InChI is InChI=1S/C19H18N2O2/c1-3-23-19(22)17-13-21-12-16(10-11-18(21)20-17)9-8-15-6-4-14(2)5-7-15/h4-13H,3H2,1-2H3/b9-8+. The van der Waals surface area contributed by atoms with Gasteiger partial charge >= 0.3 is 5.97 Å². The number of aryl methyl sites for hydroxylation is 1. The molecule has 0 saturated carbocycles. The molecule has 4 nitrogen and oxygen atoms in total. The first-order valence-corrected chi connectivity index (χ1v) is 7.56. The molecule has 3 aromatic rings. The summed E-state index contributed by atoms with van der Waals surface area (Å²) in [6, 6.07) is 12.2. The third-order valence-corrected chi connectivity index (χ3v) is 3.50. The second-order valence-electron chi connectivity index (χ2n) is 5.32. The number of fused-ring (bicyclic) bond motifs is 1. The highest BCUT2D eigenvalue weighted by Gasteiger charge is 2.11. The number of hydrogen-bond donors (Lipinski definition) is 0. The molecule has 0 unspecified atom stereocenters. The van der Waals surface area contributed by atoms with Crippen LogP contribution in [-0.2, 0) is 4.74 Å². The van der Waals surface area contributed by atoms with Crippen molar-refractivity contribution in [2.45, 2.75) is 13.8 Å². The van der Waals surface area contributed by atoms with Crippen LogP contribution in [0.5, 0.6) is 0 Å². The second kappa shape index (κ2) is 6.48. The number of benzene rings is 1. The number of ether oxygens (including phenoxy) is 1. The Kier molecular flexibility index (Phi) is 4.24. The molecule has 0 aliphatic heterocycles. The molecule has 0 radical (unpaired) electrons. The van der Waals surface area contributed by atoms with Gasteiger partial charge in [-0.2, -0.15) is 0 Å². The molecule has 1 aromatic carbocycles. The van der Waals surface area contributed by atoms with Crippen molar-refractivity contribution in [3.8, 4) is 0 Å². The predicted octanol–water partition coefficient (Wildman–Crippen LogP) is 3.99. The molecule has 2 aromatic heterocycles. The van der Waals surface area contributed by atoms with E-state index in [2.05, 4.69) is 42.2 Å². The Morgan fingerprint density at radius 3 is 2.52 bits per heavy atom. The van der Waals surface area contributed by atoms with Crippen molar-refractivity contribution >= 4 is 23.8 Å². The van der Waals surface area contributed by atoms with Gasteiger partial charge in [0.1, 0.15) is 5.65 Å². The van der Waals surface area contributed by atoms with Crippen LogP contribution in [0.4, 0.5) is 0 Å². The smallest absolute Gasteiger partial charge is 0.358 e. The van der Waals surface area contributed by atoms with E-state index in [9.17, 15) is 4.79 Å². The van der Waals surface area contributed by atoms with Crippen molar-refractivity contribution in [3.63, 3.8) is 0 Å². The van der Waals surface area contributed by atoms with Crippen LogP contribution in [0.2, 0.25) is 0 Å². The van der Waals surface area contributed by atoms with E-state index in [-0.39, 0.29) is 0 Å². The zero-order valence-corrected chi connectivity index (χ0v) is 13.2. The molecule has 0 aliphatic carbocycles. The molecule has 0 saturated heterocycles. The number of rotatable bonds is 4. The van der Waals surface area contributed by atoms with E-state index in [0.717, 1.165) is 16.8 Å². The molecule has 0 spiro atoms. The number of nitrogens with zero attached hydrogens (tertiary/aromatic N) is 2. The molecule has 116 valence electrons. The first kappa shape index (κ1) is 15.0. The number of carbonyl (C=O) groups excluding carboxylic acids is 1. The summed E-state index contributed by atoms with van der Waals surface area (Å²) >= 11 is 0. The number of aromatic nitrogens is 2. The number of carbonyl (C=O) groups is 1. The fourth-order valence-corrected chi connectivity index (χ4v) is 2.28. The average Bonchev–Trinajstić information content (AvgIpc) is 2.98. The number of hydrogen-bond acceptors (Lipinski definition) is 3. The van der Waals surface area contributed by atoms with Gasteiger partial charge in [0.05, 0.1) is 6.61 Å². The largest absolute Gasteiger partial charge is 0.461 e. The van der Waals surface area contributed by atoms with Gasteiger partial charge in [-0.1, -0.05) is 42.0 Å². The van der Waals surface area contributed by atoms with Crippen LogP contribution >= 0.6 is 0 Å². The van der Waals surface area contributed by atoms with E-state index in [0.29, 0.717) is 12.3 Å². The highest BCUT2D eigenvalue weighted by Crippen LogP contribution is 2.12. The molecule has 0 amide bonds. The maximum absolute atomic E-state index is 11.7. The molecule has 0 atom stereocenters. The topological polar surface area (TPSA) is 43.6 Å². The van der Waals surface area contributed by atoms with Crippen molar-refractivity contribution in [1.82, 2.24) is 9.38 Å². The quantitative estimate of drug-likeness (QED) is 0.685. The van der Waals surface area contributed by atoms with Gasteiger partial charge in [-0.3, -0.25) is 0 Å². The molecule has 0 N–H and O–H groups in total. The van der Waals surface area contributed by atoms with Crippen molar-refractivity contribution in [3.05, 3.63) is 71.2 Å². The van der Waals surface area contributed by atoms with Crippen LogP contribution in [-0.4, -0.2) is 22.0 Å². The lowest BCUT2D eigenvalue weighted by Gasteiger charge is -1.97. The molecular formula is C19H18N2O2. The van der Waals surface area contributed by atoms with E-state index < -0.39 is 5.97 Å². The lowest BCUT2D eigenvalue weighted by atomic mass is 10.1. The van der Waals surface area contributed by atoms with E-state index in [1.165, 1.54) is 5.56 Å². The Labute approximate surface area is 135 Å². The minimum absolute atomic E-state index is 0.325. The Morgan fingerprint density at radius 1 is 1.09 bits per heavy atom. The van der Waals surface area contributed by atoms with Crippen LogP contribution in [0.1, 0.15) is 34.1 Å². The summed E-state index contributed by atoms with van der Waals surface area (Å²) in [5, 5.41) is 0. The molecular weight excluding hydrogens is 288 g/mol. The highest BCUT2D eigenvalue weighted by molar-refractivity contribution is 5.88. The Balaban J connectivity index is 1.84. The summed E-state index contributed by atoms with van der Waals surface area (Å²) < 4.78 is 6.81. The van der Waals surface area contributed by atoms with Gasteiger partial charge in [0.15, 0.2) is 5.69 Å². The highest BCUT2D eigenvalue weighted by atomic mass is 16.5. The Hall–Kier alpha value is -2.88. The monoisotopic (exact) mass is 306 g/mol. The lowest BCUT2D eigenvalue weighted by Crippen LogP contribution is -2.04. The van der Waals surface area contributed by atoms with Gasteiger partial charge in [-0.15, -0.1) is 0 Å². The van der Waals surface area contributed by atoms with Gasteiger partial charge in [-0.25, -0.2) is 9.78 Å². The van der Waals surface area contributed by atoms with Gasteiger partial charge < -0.3 is 9.14 Å². The van der Waals surface area contributed by atoms with E-state index >= 15 is 0 Å². The first-order chi connectivity index (χ1) is 11.2. The van der Waals surface area contributed by atoms with E-state index in [4.69, 9.17) is 4.74 Å². The van der Waals surface area contributed by atoms with Crippen LogP contribution in [0.3, 0.4) is 0 Å². The van der Waals surface area contributed by atoms with Crippen molar-refractivity contribution in [2.24, 2.45) is 0 Å². The van der Waals surface area contributed by atoms with Crippen molar-refractivity contribution in [1.29, 1.82) is 0 Å². The Morgan fingerprint density at radius 2 is 1.78 bits per heavy atom. The maximum atomic E-state index is 11.7. The van der Waals surface area contributed by atoms with E-state index in [1.807, 2.05) is 28.8 Å². The fraction of sp³-hybridized carbons (Fsp3) is 0.158. The number of esters is 1. The van der Waals surface area contributed by atoms with Crippen molar-refractivity contribution < 1.29 is 9.53 Å². The summed E-state index contributed by atoms with van der Waals surface area (Å²) in [6.45, 7) is 4.19. The van der Waals surface area contributed by atoms with Crippen molar-refractivity contribution in [2.75, 3.05) is 6.61 Å². The molecule has 4 heteroatoms. The number of imidazole rings is 1. The number of pyridine rings is 1. The van der Waals surface area contributed by atoms with Crippen LogP contribution < -0.4 is 0 Å². The minimum Gasteiger partial charge on any atom is -0.461 e. The Bertz CT molecular complexity index is 861. The van der Waals surface area contributed by atoms with Gasteiger partial charge in [-0.05, 0) is 37.1 Å². The normalized spacial score (nSPS) is 11.2. The van der Waals surface area contributed by atoms with Gasteiger partial charge in [0.25, 0.3) is 0 Å². The summed E-state index contributed by atoms with van der Waals surface area (Å²) in [5.74, 6) is -0.395. The molecule has 0 fully saturated rings. The molecule has 23 heavy (non-hydrogen) atoms. The zero-order chi connectivity index (χ0) is 16.2. The SMILES string of the molecule is CCOC(=O)c1cn2cc(/C=C/c3ccc(C)cc3)ccc2n1. The van der Waals surface area contributed by atoms with Crippen LogP contribution in [0.15, 0.2) is 48.8 Å². The molecule has 2 heterocycles. The van der Waals surface area contributed by atoms with Gasteiger partial charge in [0.2, 0.25) is 0 Å². The first-order valence-electron chi connectivity index (χ1n) is 7.56. The maximum Gasteiger partial charge on any atom is 0.358 e. The second-order valence-corrected chi connectivity index (χ2v) is 5.32. The van der Waals surface area contributed by atoms with Crippen LogP contribution in [0.25, 0.3) is 17.8 Å². The fourth-order valence-electron chi connectivity index (χ4n) is 2.28. The third kappa shape index (κ3) is 3.48. The summed E-state index contributed by atoms with van der Waals surface area (Å²) in [7, 11) is 0. The average molecular weight is 306 g/mol. The molecule has 0 aliphatic rings. The molecule has 0 bridgehead atoms. The summed E-state index contributed by atoms with van der Waals surface area (Å²) in [6.07, 6.45) is 7.73. The lowest BCUT2D eigenvalue weighted by molar-refractivity contribution is 0.0520. The summed E-state index contributed by atoms with van der Waals surface area (Å²) in [4.78, 5) is 16.0. The third-order valence-electron chi connectivity index (χ3n) is 3.50. The zero-order valence-electron chi connectivity index (χ0n) is 13.2. The minimum atomic E-state index is -0.395. The van der Waals surface area contributed by atoms with Gasteiger partial charge in [0, 0.05) is 12.4 Å². The van der Waals surface area contributed by atoms with E-state index in [1.54, 1.807) is 13.1 Å². The van der Waals surface area contributed by atoms with Crippen LogP contribution in [0, 0.1) is 6.92 Å². The summed E-state index contributed by atoms with van der Waals surface area (Å²) in [5.41, 5.74) is 4.47. The molecule has 3 rings (SSSR count). The predicted molar refractivity (Wildman–Crippen MR) is 91.3 cm³/mol.